The lowest BCUT2D eigenvalue weighted by atomic mass is 10.0. The van der Waals surface area contributed by atoms with Crippen molar-refractivity contribution in [1.82, 2.24) is 4.72 Å². The van der Waals surface area contributed by atoms with Crippen LogP contribution in [0.3, 0.4) is 0 Å². The van der Waals surface area contributed by atoms with Crippen LogP contribution in [0.5, 0.6) is 0 Å². The summed E-state index contributed by atoms with van der Waals surface area (Å²) in [4.78, 5) is 0. The Morgan fingerprint density at radius 3 is 2.21 bits per heavy atom. The van der Waals surface area contributed by atoms with Gasteiger partial charge in [-0.2, -0.15) is 0 Å². The van der Waals surface area contributed by atoms with Crippen molar-refractivity contribution in [3.05, 3.63) is 0 Å². The predicted octanol–water partition coefficient (Wildman–Crippen LogP) is 0.338. The molecule has 0 aromatic heterocycles. The van der Waals surface area contributed by atoms with Crippen LogP contribution in [0.4, 0.5) is 0 Å². The monoisotopic (exact) mass is 218 g/mol. The Kier molecular flexibility index (Phi) is 2.81. The molecule has 0 spiro atoms. The van der Waals surface area contributed by atoms with E-state index < -0.39 is 10.0 Å². The molecule has 2 atom stereocenters. The highest BCUT2D eigenvalue weighted by Gasteiger charge is 2.39. The van der Waals surface area contributed by atoms with Crippen LogP contribution in [0.1, 0.15) is 38.5 Å². The Morgan fingerprint density at radius 2 is 1.71 bits per heavy atom. The van der Waals surface area contributed by atoms with Gasteiger partial charge in [0.1, 0.15) is 0 Å². The first kappa shape index (κ1) is 10.4. The minimum atomic E-state index is -3.08. The smallest absolute Gasteiger partial charge is 0.214 e. The fraction of sp³-hybridized carbons (Fsp3) is 1.00. The van der Waals surface area contributed by atoms with Gasteiger partial charge in [-0.15, -0.1) is 0 Å². The number of sulfonamides is 1. The molecule has 2 saturated carbocycles. The Bertz CT molecular complexity index is 296. The van der Waals surface area contributed by atoms with Crippen LogP contribution in [0.15, 0.2) is 0 Å². The van der Waals surface area contributed by atoms with Gasteiger partial charge in [0.05, 0.1) is 5.25 Å². The summed E-state index contributed by atoms with van der Waals surface area (Å²) in [6.45, 7) is 0. The molecule has 0 amide bonds. The third-order valence-corrected chi connectivity index (χ3v) is 5.13. The third kappa shape index (κ3) is 2.27. The lowest BCUT2D eigenvalue weighted by molar-refractivity contribution is 0.477. The third-order valence-electron chi connectivity index (χ3n) is 3.15. The molecular formula is C9H18N2O2S. The van der Waals surface area contributed by atoms with E-state index in [9.17, 15) is 8.42 Å². The Labute approximate surface area is 85.3 Å². The standard InChI is InChI=1S/C9H18N2O2S/c10-8-6-9(8)11-14(12,13)7-4-2-1-3-5-7/h7-9,11H,1-6,10H2. The molecule has 5 heteroatoms. The summed E-state index contributed by atoms with van der Waals surface area (Å²) >= 11 is 0. The fourth-order valence-electron chi connectivity index (χ4n) is 2.03. The maximum atomic E-state index is 11.8. The summed E-state index contributed by atoms with van der Waals surface area (Å²) in [5, 5.41) is -0.163. The molecule has 4 nitrogen and oxygen atoms in total. The first-order chi connectivity index (χ1) is 6.59. The van der Waals surface area contributed by atoms with E-state index in [-0.39, 0.29) is 17.3 Å². The molecule has 2 aliphatic rings. The maximum Gasteiger partial charge on any atom is 0.214 e. The fourth-order valence-corrected chi connectivity index (χ4v) is 3.87. The lowest BCUT2D eigenvalue weighted by Gasteiger charge is -2.21. The van der Waals surface area contributed by atoms with Gasteiger partial charge in [-0.25, -0.2) is 13.1 Å². The van der Waals surface area contributed by atoms with Crippen LogP contribution < -0.4 is 10.5 Å². The van der Waals surface area contributed by atoms with E-state index in [1.165, 1.54) is 6.42 Å². The zero-order chi connectivity index (χ0) is 10.2. The quantitative estimate of drug-likeness (QED) is 0.717. The minimum absolute atomic E-state index is 0.0157. The number of hydrogen-bond acceptors (Lipinski definition) is 3. The van der Waals surface area contributed by atoms with Crippen molar-refractivity contribution >= 4 is 10.0 Å². The van der Waals surface area contributed by atoms with Gasteiger partial charge in [0.25, 0.3) is 0 Å². The van der Waals surface area contributed by atoms with Gasteiger partial charge >= 0.3 is 0 Å². The van der Waals surface area contributed by atoms with Crippen molar-refractivity contribution < 1.29 is 8.42 Å². The van der Waals surface area contributed by atoms with E-state index in [0.717, 1.165) is 32.1 Å². The van der Waals surface area contributed by atoms with E-state index in [1.807, 2.05) is 0 Å². The highest BCUT2D eigenvalue weighted by molar-refractivity contribution is 7.90. The molecule has 0 bridgehead atoms. The van der Waals surface area contributed by atoms with E-state index >= 15 is 0 Å². The molecule has 0 aromatic carbocycles. The average molecular weight is 218 g/mol. The maximum absolute atomic E-state index is 11.8. The lowest BCUT2D eigenvalue weighted by Crippen LogP contribution is -2.38. The van der Waals surface area contributed by atoms with Gasteiger partial charge in [0.15, 0.2) is 0 Å². The van der Waals surface area contributed by atoms with Crippen LogP contribution in [-0.4, -0.2) is 25.8 Å². The Balaban J connectivity index is 1.93. The zero-order valence-electron chi connectivity index (χ0n) is 8.28. The molecule has 0 aromatic rings. The number of nitrogens with one attached hydrogen (secondary N) is 1. The van der Waals surface area contributed by atoms with Gasteiger partial charge in [0.2, 0.25) is 10.0 Å². The molecule has 0 radical (unpaired) electrons. The van der Waals surface area contributed by atoms with Crippen molar-refractivity contribution in [3.8, 4) is 0 Å². The Morgan fingerprint density at radius 1 is 1.14 bits per heavy atom. The van der Waals surface area contributed by atoms with Crippen molar-refractivity contribution in [3.63, 3.8) is 0 Å². The summed E-state index contributed by atoms with van der Waals surface area (Å²) in [7, 11) is -3.08. The van der Waals surface area contributed by atoms with Crippen molar-refractivity contribution in [2.75, 3.05) is 0 Å². The van der Waals surface area contributed by atoms with Gasteiger partial charge in [-0.1, -0.05) is 19.3 Å². The topological polar surface area (TPSA) is 72.2 Å². The second-order valence-corrected chi connectivity index (χ2v) is 6.42. The average Bonchev–Trinajstić information content (AvgIpc) is 2.82. The van der Waals surface area contributed by atoms with E-state index in [4.69, 9.17) is 5.73 Å². The van der Waals surface area contributed by atoms with Crippen LogP contribution in [0.25, 0.3) is 0 Å². The van der Waals surface area contributed by atoms with Gasteiger partial charge in [-0.05, 0) is 19.3 Å². The highest BCUT2D eigenvalue weighted by atomic mass is 32.2. The largest absolute Gasteiger partial charge is 0.326 e. The predicted molar refractivity (Wildman–Crippen MR) is 55.3 cm³/mol. The molecule has 2 fully saturated rings. The summed E-state index contributed by atoms with van der Waals surface area (Å²) in [5.74, 6) is 0. The van der Waals surface area contributed by atoms with E-state index in [2.05, 4.69) is 4.72 Å². The molecular weight excluding hydrogens is 200 g/mol. The molecule has 0 saturated heterocycles. The number of hydrogen-bond donors (Lipinski definition) is 2. The molecule has 14 heavy (non-hydrogen) atoms. The molecule has 2 aliphatic carbocycles. The van der Waals surface area contributed by atoms with Gasteiger partial charge in [-0.3, -0.25) is 0 Å². The summed E-state index contributed by atoms with van der Waals surface area (Å²) < 4.78 is 26.3. The molecule has 82 valence electrons. The molecule has 0 heterocycles. The second-order valence-electron chi connectivity index (χ2n) is 4.43. The van der Waals surface area contributed by atoms with Crippen LogP contribution in [0, 0.1) is 0 Å². The van der Waals surface area contributed by atoms with Crippen molar-refractivity contribution in [1.29, 1.82) is 0 Å². The molecule has 2 unspecified atom stereocenters. The van der Waals surface area contributed by atoms with Crippen LogP contribution in [0.2, 0.25) is 0 Å². The first-order valence-corrected chi connectivity index (χ1v) is 6.91. The summed E-state index contributed by atoms with van der Waals surface area (Å²) in [5.41, 5.74) is 5.58. The molecule has 0 aliphatic heterocycles. The molecule has 2 rings (SSSR count). The first-order valence-electron chi connectivity index (χ1n) is 5.36. The minimum Gasteiger partial charge on any atom is -0.326 e. The normalized spacial score (nSPS) is 34.4. The van der Waals surface area contributed by atoms with Crippen LogP contribution >= 0.6 is 0 Å². The molecule has 3 N–H and O–H groups in total. The second kappa shape index (κ2) is 3.79. The SMILES string of the molecule is NC1CC1NS(=O)(=O)C1CCCCC1. The van der Waals surface area contributed by atoms with Crippen molar-refractivity contribution in [2.24, 2.45) is 5.73 Å². The van der Waals surface area contributed by atoms with E-state index in [0.29, 0.717) is 0 Å². The van der Waals surface area contributed by atoms with Gasteiger partial charge < -0.3 is 5.73 Å². The summed E-state index contributed by atoms with van der Waals surface area (Å²) in [6.07, 6.45) is 5.69. The number of nitrogens with two attached hydrogens (primary N) is 1. The van der Waals surface area contributed by atoms with Crippen molar-refractivity contribution in [2.45, 2.75) is 55.9 Å². The number of rotatable bonds is 3. The summed E-state index contributed by atoms with van der Waals surface area (Å²) in [6, 6.07) is 0.0651. The van der Waals surface area contributed by atoms with E-state index in [1.54, 1.807) is 0 Å². The van der Waals surface area contributed by atoms with Gasteiger partial charge in [0, 0.05) is 12.1 Å². The Hall–Kier alpha value is -0.130. The van der Waals surface area contributed by atoms with Crippen LogP contribution in [-0.2, 0) is 10.0 Å². The zero-order valence-corrected chi connectivity index (χ0v) is 9.09. The highest BCUT2D eigenvalue weighted by Crippen LogP contribution is 2.26.